The van der Waals surface area contributed by atoms with Crippen LogP contribution >= 0.6 is 34.8 Å². The van der Waals surface area contributed by atoms with Crippen LogP contribution in [0.5, 0.6) is 0 Å². The van der Waals surface area contributed by atoms with Gasteiger partial charge < -0.3 is 5.32 Å². The molecule has 2 aromatic rings. The van der Waals surface area contributed by atoms with Gasteiger partial charge in [-0.05, 0) is 42.8 Å². The predicted octanol–water partition coefficient (Wildman–Crippen LogP) is 5.82. The molecule has 1 nitrogen and oxygen atoms in total. The van der Waals surface area contributed by atoms with Gasteiger partial charge in [0.2, 0.25) is 0 Å². The molecule has 2 rings (SSSR count). The summed E-state index contributed by atoms with van der Waals surface area (Å²) in [5.74, 6) is 0. The van der Waals surface area contributed by atoms with Crippen LogP contribution in [0.4, 0.5) is 5.69 Å². The molecule has 1 atom stereocenters. The van der Waals surface area contributed by atoms with Crippen molar-refractivity contribution in [2.24, 2.45) is 0 Å². The fraction of sp³-hybridized carbons (Fsp3) is 0.143. The van der Waals surface area contributed by atoms with Gasteiger partial charge in [0.15, 0.2) is 0 Å². The van der Waals surface area contributed by atoms with Gasteiger partial charge in [0.1, 0.15) is 0 Å². The number of hydrogen-bond donors (Lipinski definition) is 1. The molecule has 1 N–H and O–H groups in total. The zero-order chi connectivity index (χ0) is 13.1. The summed E-state index contributed by atoms with van der Waals surface area (Å²) >= 11 is 18.0. The predicted molar refractivity (Wildman–Crippen MR) is 80.0 cm³/mol. The molecule has 4 heteroatoms. The smallest absolute Gasteiger partial charge is 0.0500 e. The van der Waals surface area contributed by atoms with Crippen molar-refractivity contribution in [1.29, 1.82) is 0 Å². The lowest BCUT2D eigenvalue weighted by molar-refractivity contribution is 0.885. The second-order valence-electron chi connectivity index (χ2n) is 4.04. The van der Waals surface area contributed by atoms with E-state index < -0.39 is 0 Å². The molecular formula is C14H12Cl3N. The van der Waals surface area contributed by atoms with Crippen LogP contribution in [0.3, 0.4) is 0 Å². The molecule has 2 aromatic carbocycles. The van der Waals surface area contributed by atoms with Crippen molar-refractivity contribution < 1.29 is 0 Å². The number of anilines is 1. The highest BCUT2D eigenvalue weighted by Gasteiger charge is 2.10. The fourth-order valence-corrected chi connectivity index (χ4v) is 2.52. The Bertz CT molecular complexity index is 554. The third kappa shape index (κ3) is 3.32. The Morgan fingerprint density at radius 1 is 0.944 bits per heavy atom. The van der Waals surface area contributed by atoms with E-state index in [0.717, 1.165) is 11.3 Å². The fourth-order valence-electron chi connectivity index (χ4n) is 1.76. The van der Waals surface area contributed by atoms with Crippen molar-refractivity contribution in [3.63, 3.8) is 0 Å². The van der Waals surface area contributed by atoms with E-state index in [2.05, 4.69) is 5.32 Å². The highest BCUT2D eigenvalue weighted by Crippen LogP contribution is 2.28. The summed E-state index contributed by atoms with van der Waals surface area (Å²) in [5.41, 5.74) is 1.96. The summed E-state index contributed by atoms with van der Waals surface area (Å²) in [4.78, 5) is 0. The van der Waals surface area contributed by atoms with Crippen LogP contribution < -0.4 is 5.32 Å². The maximum absolute atomic E-state index is 6.17. The zero-order valence-corrected chi connectivity index (χ0v) is 12.0. The molecule has 0 aliphatic carbocycles. The van der Waals surface area contributed by atoms with E-state index in [1.165, 1.54) is 0 Å². The van der Waals surface area contributed by atoms with Crippen molar-refractivity contribution in [2.45, 2.75) is 13.0 Å². The first-order valence-corrected chi connectivity index (χ1v) is 6.66. The molecule has 0 spiro atoms. The molecule has 0 saturated heterocycles. The first-order chi connectivity index (χ1) is 8.56. The normalized spacial score (nSPS) is 12.2. The van der Waals surface area contributed by atoms with Crippen molar-refractivity contribution in [1.82, 2.24) is 0 Å². The van der Waals surface area contributed by atoms with E-state index in [-0.39, 0.29) is 6.04 Å². The standard InChI is InChI=1S/C14H12Cl3N/c1-9(13-6-5-11(16)8-14(13)17)18-12-4-2-3-10(15)7-12/h2-9,18H,1H3. The second kappa shape index (κ2) is 5.83. The quantitative estimate of drug-likeness (QED) is 0.753. The average molecular weight is 301 g/mol. The average Bonchev–Trinajstić information content (AvgIpc) is 2.28. The number of halogens is 3. The van der Waals surface area contributed by atoms with Gasteiger partial charge in [0.05, 0.1) is 0 Å². The summed E-state index contributed by atoms with van der Waals surface area (Å²) in [6, 6.07) is 13.2. The Morgan fingerprint density at radius 2 is 1.67 bits per heavy atom. The molecule has 0 fully saturated rings. The first kappa shape index (κ1) is 13.5. The third-order valence-electron chi connectivity index (χ3n) is 2.64. The third-order valence-corrected chi connectivity index (χ3v) is 3.43. The van der Waals surface area contributed by atoms with E-state index >= 15 is 0 Å². The molecule has 0 amide bonds. The largest absolute Gasteiger partial charge is 0.378 e. The van der Waals surface area contributed by atoms with Crippen molar-refractivity contribution >= 4 is 40.5 Å². The van der Waals surface area contributed by atoms with Crippen molar-refractivity contribution in [2.75, 3.05) is 5.32 Å². The molecular weight excluding hydrogens is 289 g/mol. The summed E-state index contributed by atoms with van der Waals surface area (Å²) in [5, 5.41) is 5.35. The SMILES string of the molecule is CC(Nc1cccc(Cl)c1)c1ccc(Cl)cc1Cl. The lowest BCUT2D eigenvalue weighted by Crippen LogP contribution is -2.07. The van der Waals surface area contributed by atoms with Crippen LogP contribution in [0, 0.1) is 0 Å². The molecule has 0 aromatic heterocycles. The molecule has 18 heavy (non-hydrogen) atoms. The van der Waals surface area contributed by atoms with Crippen LogP contribution in [0.25, 0.3) is 0 Å². The van der Waals surface area contributed by atoms with E-state index in [9.17, 15) is 0 Å². The van der Waals surface area contributed by atoms with E-state index in [4.69, 9.17) is 34.8 Å². The maximum Gasteiger partial charge on any atom is 0.0500 e. The van der Waals surface area contributed by atoms with Crippen LogP contribution in [-0.2, 0) is 0 Å². The Balaban J connectivity index is 2.19. The monoisotopic (exact) mass is 299 g/mol. The van der Waals surface area contributed by atoms with E-state index in [1.807, 2.05) is 43.3 Å². The molecule has 0 saturated carbocycles. The Kier molecular flexibility index (Phi) is 4.39. The number of hydrogen-bond acceptors (Lipinski definition) is 1. The van der Waals surface area contributed by atoms with Crippen LogP contribution in [0.15, 0.2) is 42.5 Å². The van der Waals surface area contributed by atoms with Crippen LogP contribution in [0.2, 0.25) is 15.1 Å². The van der Waals surface area contributed by atoms with Crippen molar-refractivity contribution in [3.05, 3.63) is 63.1 Å². The minimum atomic E-state index is 0.0771. The van der Waals surface area contributed by atoms with Gasteiger partial charge >= 0.3 is 0 Å². The van der Waals surface area contributed by atoms with Gasteiger partial charge in [0.25, 0.3) is 0 Å². The topological polar surface area (TPSA) is 12.0 Å². The molecule has 0 heterocycles. The van der Waals surface area contributed by atoms with Gasteiger partial charge in [-0.3, -0.25) is 0 Å². The highest BCUT2D eigenvalue weighted by atomic mass is 35.5. The van der Waals surface area contributed by atoms with Gasteiger partial charge in [-0.1, -0.05) is 46.9 Å². The second-order valence-corrected chi connectivity index (χ2v) is 5.32. The molecule has 0 aliphatic rings. The molecule has 0 aliphatic heterocycles. The molecule has 0 bridgehead atoms. The minimum absolute atomic E-state index is 0.0771. The van der Waals surface area contributed by atoms with E-state index in [1.54, 1.807) is 6.07 Å². The summed E-state index contributed by atoms with van der Waals surface area (Å²) in [6.45, 7) is 2.04. The van der Waals surface area contributed by atoms with E-state index in [0.29, 0.717) is 15.1 Å². The highest BCUT2D eigenvalue weighted by molar-refractivity contribution is 6.35. The number of benzene rings is 2. The lowest BCUT2D eigenvalue weighted by atomic mass is 10.1. The minimum Gasteiger partial charge on any atom is -0.378 e. The summed E-state index contributed by atoms with van der Waals surface area (Å²) < 4.78 is 0. The van der Waals surface area contributed by atoms with Gasteiger partial charge in [0, 0.05) is 26.8 Å². The molecule has 0 radical (unpaired) electrons. The van der Waals surface area contributed by atoms with Crippen molar-refractivity contribution in [3.8, 4) is 0 Å². The maximum atomic E-state index is 6.17. The first-order valence-electron chi connectivity index (χ1n) is 5.53. The Labute approximate surface area is 122 Å². The Hall–Kier alpha value is -0.890. The van der Waals surface area contributed by atoms with Gasteiger partial charge in [-0.25, -0.2) is 0 Å². The van der Waals surface area contributed by atoms with Gasteiger partial charge in [-0.2, -0.15) is 0 Å². The molecule has 1 unspecified atom stereocenters. The van der Waals surface area contributed by atoms with Crippen LogP contribution in [0.1, 0.15) is 18.5 Å². The van der Waals surface area contributed by atoms with Crippen LogP contribution in [-0.4, -0.2) is 0 Å². The Morgan fingerprint density at radius 3 is 2.33 bits per heavy atom. The van der Waals surface area contributed by atoms with Gasteiger partial charge in [-0.15, -0.1) is 0 Å². The lowest BCUT2D eigenvalue weighted by Gasteiger charge is -2.17. The number of nitrogens with one attached hydrogen (secondary N) is 1. The molecule has 94 valence electrons. The number of rotatable bonds is 3. The summed E-state index contributed by atoms with van der Waals surface area (Å²) in [7, 11) is 0. The summed E-state index contributed by atoms with van der Waals surface area (Å²) in [6.07, 6.45) is 0. The zero-order valence-electron chi connectivity index (χ0n) is 9.75.